The van der Waals surface area contributed by atoms with E-state index in [9.17, 15) is 5.11 Å². The summed E-state index contributed by atoms with van der Waals surface area (Å²) >= 11 is 0. The van der Waals surface area contributed by atoms with Crippen LogP contribution in [0.15, 0.2) is 24.3 Å². The lowest BCUT2D eigenvalue weighted by Gasteiger charge is -2.28. The average molecular weight is 291 g/mol. The molecule has 1 aromatic rings. The molecule has 0 amide bonds. The molecular weight excluding hydrogens is 262 g/mol. The van der Waals surface area contributed by atoms with Gasteiger partial charge >= 0.3 is 0 Å². The Morgan fingerprint density at radius 1 is 1.10 bits per heavy atom. The molecule has 1 fully saturated rings. The van der Waals surface area contributed by atoms with Crippen LogP contribution in [0.1, 0.15) is 45.6 Å². The smallest absolute Gasteiger partial charge is 0.119 e. The Morgan fingerprint density at radius 2 is 1.71 bits per heavy atom. The fraction of sp³-hybridized carbons (Fsp3) is 0.667. The van der Waals surface area contributed by atoms with E-state index in [1.165, 1.54) is 24.8 Å². The average Bonchev–Trinajstić information content (AvgIpc) is 2.46. The van der Waals surface area contributed by atoms with Crippen LogP contribution in [0.4, 0.5) is 0 Å². The Labute approximate surface area is 128 Å². The van der Waals surface area contributed by atoms with Crippen LogP contribution in [0.2, 0.25) is 0 Å². The van der Waals surface area contributed by atoms with E-state index < -0.39 is 6.10 Å². The van der Waals surface area contributed by atoms with Crippen LogP contribution in [0.5, 0.6) is 5.75 Å². The number of hydrogen-bond acceptors (Lipinski definition) is 3. The van der Waals surface area contributed by atoms with E-state index in [2.05, 4.69) is 37.8 Å². The molecule has 3 nitrogen and oxygen atoms in total. The summed E-state index contributed by atoms with van der Waals surface area (Å²) in [6, 6.07) is 8.20. The fourth-order valence-electron chi connectivity index (χ4n) is 2.74. The maximum Gasteiger partial charge on any atom is 0.119 e. The number of piperidine rings is 1. The topological polar surface area (TPSA) is 32.7 Å². The van der Waals surface area contributed by atoms with E-state index in [1.54, 1.807) is 0 Å². The van der Waals surface area contributed by atoms with Crippen molar-refractivity contribution in [3.05, 3.63) is 29.8 Å². The molecule has 0 radical (unpaired) electrons. The highest BCUT2D eigenvalue weighted by atomic mass is 16.5. The van der Waals surface area contributed by atoms with Crippen LogP contribution in [-0.2, 0) is 5.41 Å². The number of aliphatic hydroxyl groups is 1. The molecule has 0 saturated carbocycles. The molecule has 1 saturated heterocycles. The monoisotopic (exact) mass is 291 g/mol. The van der Waals surface area contributed by atoms with Gasteiger partial charge in [-0.25, -0.2) is 0 Å². The quantitative estimate of drug-likeness (QED) is 0.904. The molecule has 1 atom stereocenters. The molecule has 1 heterocycles. The number of β-amino-alcohol motifs (C(OH)–C–C–N with tert-alkyl or cyclic N) is 1. The van der Waals surface area contributed by atoms with Crippen LogP contribution in [0, 0.1) is 0 Å². The molecule has 1 aliphatic rings. The lowest BCUT2D eigenvalue weighted by molar-refractivity contribution is 0.0617. The SMILES string of the molecule is CC(C)(C)c1ccc(OC[C@H](O)CN2CCCCC2)cc1. The van der Waals surface area contributed by atoms with Crippen molar-refractivity contribution >= 4 is 0 Å². The van der Waals surface area contributed by atoms with Crippen molar-refractivity contribution in [2.45, 2.75) is 51.6 Å². The fourth-order valence-corrected chi connectivity index (χ4v) is 2.74. The van der Waals surface area contributed by atoms with Crippen LogP contribution in [-0.4, -0.2) is 42.4 Å². The molecule has 1 N–H and O–H groups in total. The van der Waals surface area contributed by atoms with Gasteiger partial charge in [-0.05, 0) is 49.0 Å². The van der Waals surface area contributed by atoms with Crippen molar-refractivity contribution in [1.29, 1.82) is 0 Å². The van der Waals surface area contributed by atoms with Crippen molar-refractivity contribution in [3.63, 3.8) is 0 Å². The first-order chi connectivity index (χ1) is 9.95. The van der Waals surface area contributed by atoms with E-state index in [0.717, 1.165) is 25.4 Å². The van der Waals surface area contributed by atoms with Gasteiger partial charge < -0.3 is 14.7 Å². The van der Waals surface area contributed by atoms with E-state index in [1.807, 2.05) is 12.1 Å². The second-order valence-electron chi connectivity index (χ2n) is 7.10. The molecule has 0 bridgehead atoms. The predicted octanol–water partition coefficient (Wildman–Crippen LogP) is 3.21. The van der Waals surface area contributed by atoms with E-state index in [-0.39, 0.29) is 5.41 Å². The molecule has 0 aliphatic carbocycles. The number of aliphatic hydroxyl groups excluding tert-OH is 1. The van der Waals surface area contributed by atoms with E-state index in [0.29, 0.717) is 6.61 Å². The lowest BCUT2D eigenvalue weighted by atomic mass is 9.87. The zero-order valence-corrected chi connectivity index (χ0v) is 13.6. The minimum absolute atomic E-state index is 0.159. The minimum Gasteiger partial charge on any atom is -0.491 e. The summed E-state index contributed by atoms with van der Waals surface area (Å²) in [6.07, 6.45) is 3.41. The second-order valence-corrected chi connectivity index (χ2v) is 7.10. The summed E-state index contributed by atoms with van der Waals surface area (Å²) in [4.78, 5) is 2.33. The maximum atomic E-state index is 10.1. The normalized spacial score (nSPS) is 18.5. The molecule has 0 spiro atoms. The number of hydrogen-bond donors (Lipinski definition) is 1. The Kier molecular flexibility index (Phi) is 5.65. The number of likely N-dealkylation sites (tertiary alicyclic amines) is 1. The number of rotatable bonds is 5. The van der Waals surface area contributed by atoms with Gasteiger partial charge in [0.05, 0.1) is 0 Å². The highest BCUT2D eigenvalue weighted by Crippen LogP contribution is 2.24. The van der Waals surface area contributed by atoms with Gasteiger partial charge in [-0.3, -0.25) is 0 Å². The Balaban J connectivity index is 1.76. The Morgan fingerprint density at radius 3 is 2.29 bits per heavy atom. The van der Waals surface area contributed by atoms with Gasteiger partial charge in [0.25, 0.3) is 0 Å². The van der Waals surface area contributed by atoms with Crippen molar-refractivity contribution in [2.24, 2.45) is 0 Å². The predicted molar refractivity (Wildman–Crippen MR) is 86.9 cm³/mol. The third-order valence-corrected chi connectivity index (χ3v) is 4.08. The first-order valence-corrected chi connectivity index (χ1v) is 8.09. The molecule has 0 aromatic heterocycles. The molecule has 3 heteroatoms. The van der Waals surface area contributed by atoms with Crippen LogP contribution >= 0.6 is 0 Å². The third kappa shape index (κ3) is 5.33. The molecule has 21 heavy (non-hydrogen) atoms. The molecule has 0 unspecified atom stereocenters. The maximum absolute atomic E-state index is 10.1. The van der Waals surface area contributed by atoms with Crippen LogP contribution in [0.25, 0.3) is 0 Å². The van der Waals surface area contributed by atoms with Gasteiger partial charge in [0, 0.05) is 6.54 Å². The van der Waals surface area contributed by atoms with Crippen molar-refractivity contribution in [2.75, 3.05) is 26.2 Å². The standard InChI is InChI=1S/C18H29NO2/c1-18(2,3)15-7-9-17(10-8-15)21-14-16(20)13-19-11-5-4-6-12-19/h7-10,16,20H,4-6,11-14H2,1-3H3/t16-/m1/s1. The van der Waals surface area contributed by atoms with Gasteiger partial charge in [-0.1, -0.05) is 39.3 Å². The van der Waals surface area contributed by atoms with Gasteiger partial charge in [-0.2, -0.15) is 0 Å². The van der Waals surface area contributed by atoms with Crippen molar-refractivity contribution in [3.8, 4) is 5.75 Å². The number of ether oxygens (including phenoxy) is 1. The largest absolute Gasteiger partial charge is 0.491 e. The zero-order chi connectivity index (χ0) is 15.3. The summed E-state index contributed by atoms with van der Waals surface area (Å²) in [5.41, 5.74) is 1.45. The van der Waals surface area contributed by atoms with Crippen molar-refractivity contribution < 1.29 is 9.84 Å². The summed E-state index contributed by atoms with van der Waals surface area (Å²) < 4.78 is 5.70. The molecule has 2 rings (SSSR count). The van der Waals surface area contributed by atoms with Gasteiger partial charge in [-0.15, -0.1) is 0 Å². The lowest BCUT2D eigenvalue weighted by Crippen LogP contribution is -2.38. The first-order valence-electron chi connectivity index (χ1n) is 8.09. The van der Waals surface area contributed by atoms with Crippen LogP contribution < -0.4 is 4.74 Å². The summed E-state index contributed by atoms with van der Waals surface area (Å²) in [5, 5.41) is 10.1. The molecule has 1 aromatic carbocycles. The second kappa shape index (κ2) is 7.28. The highest BCUT2D eigenvalue weighted by molar-refractivity contribution is 5.31. The van der Waals surface area contributed by atoms with Gasteiger partial charge in [0.15, 0.2) is 0 Å². The highest BCUT2D eigenvalue weighted by Gasteiger charge is 2.16. The van der Waals surface area contributed by atoms with Gasteiger partial charge in [0.2, 0.25) is 0 Å². The Hall–Kier alpha value is -1.06. The zero-order valence-electron chi connectivity index (χ0n) is 13.6. The minimum atomic E-state index is -0.412. The summed E-state index contributed by atoms with van der Waals surface area (Å²) in [6.45, 7) is 9.90. The molecule has 118 valence electrons. The van der Waals surface area contributed by atoms with Gasteiger partial charge in [0.1, 0.15) is 18.5 Å². The third-order valence-electron chi connectivity index (χ3n) is 4.08. The van der Waals surface area contributed by atoms with Crippen molar-refractivity contribution in [1.82, 2.24) is 4.90 Å². The molecule has 1 aliphatic heterocycles. The Bertz CT molecular complexity index is 416. The van der Waals surface area contributed by atoms with Crippen LogP contribution in [0.3, 0.4) is 0 Å². The number of benzene rings is 1. The summed E-state index contributed by atoms with van der Waals surface area (Å²) in [5.74, 6) is 0.834. The first kappa shape index (κ1) is 16.3. The molecular formula is C18H29NO2. The van der Waals surface area contributed by atoms with E-state index in [4.69, 9.17) is 4.74 Å². The summed E-state index contributed by atoms with van der Waals surface area (Å²) in [7, 11) is 0. The van der Waals surface area contributed by atoms with E-state index >= 15 is 0 Å². The number of nitrogens with zero attached hydrogens (tertiary/aromatic N) is 1.